The SMILES string of the molecule is Cc1cccc(S(=O)(=O)C2(C)CCOC(c3ccc(C4CC4)cn3)C2)c1. The van der Waals surface area contributed by atoms with Crippen molar-refractivity contribution in [3.05, 3.63) is 59.4 Å². The normalized spacial score (nSPS) is 26.6. The summed E-state index contributed by atoms with van der Waals surface area (Å²) in [6.07, 6.45) is 5.07. The van der Waals surface area contributed by atoms with Crippen molar-refractivity contribution < 1.29 is 13.2 Å². The fraction of sp³-hybridized carbons (Fsp3) is 0.476. The summed E-state index contributed by atoms with van der Waals surface area (Å²) in [6, 6.07) is 11.3. The summed E-state index contributed by atoms with van der Waals surface area (Å²) < 4.78 is 31.7. The Labute approximate surface area is 155 Å². The largest absolute Gasteiger partial charge is 0.372 e. The van der Waals surface area contributed by atoms with Gasteiger partial charge in [-0.05, 0) is 74.8 Å². The molecule has 1 aromatic heterocycles. The Bertz CT molecular complexity index is 903. The lowest BCUT2D eigenvalue weighted by Crippen LogP contribution is -2.42. The van der Waals surface area contributed by atoms with Gasteiger partial charge in [0.05, 0.1) is 15.3 Å². The average molecular weight is 372 g/mol. The van der Waals surface area contributed by atoms with Crippen LogP contribution in [0.1, 0.15) is 61.4 Å². The van der Waals surface area contributed by atoms with Gasteiger partial charge < -0.3 is 4.74 Å². The first-order chi connectivity index (χ1) is 12.4. The standard InChI is InChI=1S/C21H25NO3S/c1-15-4-3-5-18(12-15)26(23,24)21(2)10-11-25-20(13-21)19-9-8-17(14-22-19)16-6-7-16/h3-5,8-9,12,14,16,20H,6-7,10-11,13H2,1-2H3. The maximum atomic E-state index is 13.3. The highest BCUT2D eigenvalue weighted by atomic mass is 32.2. The van der Waals surface area contributed by atoms with Crippen LogP contribution in [-0.2, 0) is 14.6 Å². The predicted octanol–water partition coefficient (Wildman–Crippen LogP) is 4.35. The van der Waals surface area contributed by atoms with E-state index in [1.54, 1.807) is 18.2 Å². The number of aryl methyl sites for hydroxylation is 1. The van der Waals surface area contributed by atoms with Gasteiger partial charge in [0.1, 0.15) is 6.10 Å². The molecule has 4 nitrogen and oxygen atoms in total. The second-order valence-corrected chi connectivity index (χ2v) is 10.3. The van der Waals surface area contributed by atoms with Crippen molar-refractivity contribution in [3.8, 4) is 0 Å². The van der Waals surface area contributed by atoms with Crippen LogP contribution in [0.3, 0.4) is 0 Å². The molecule has 0 radical (unpaired) electrons. The minimum absolute atomic E-state index is 0.276. The van der Waals surface area contributed by atoms with Crippen molar-refractivity contribution in [1.82, 2.24) is 4.98 Å². The summed E-state index contributed by atoms with van der Waals surface area (Å²) in [5.41, 5.74) is 3.06. The molecule has 0 spiro atoms. The van der Waals surface area contributed by atoms with Gasteiger partial charge in [0.25, 0.3) is 0 Å². The molecule has 26 heavy (non-hydrogen) atoms. The van der Waals surface area contributed by atoms with Gasteiger partial charge in [-0.15, -0.1) is 0 Å². The van der Waals surface area contributed by atoms with E-state index < -0.39 is 14.6 Å². The molecule has 2 fully saturated rings. The second-order valence-electron chi connectivity index (χ2n) is 7.87. The predicted molar refractivity (Wildman–Crippen MR) is 101 cm³/mol. The molecule has 2 atom stereocenters. The molecule has 0 amide bonds. The maximum absolute atomic E-state index is 13.3. The quantitative estimate of drug-likeness (QED) is 0.802. The first-order valence-corrected chi connectivity index (χ1v) is 10.8. The van der Waals surface area contributed by atoms with Gasteiger partial charge in [-0.3, -0.25) is 4.98 Å². The fourth-order valence-electron chi connectivity index (χ4n) is 3.74. The number of ether oxygens (including phenoxy) is 1. The third kappa shape index (κ3) is 3.19. The van der Waals surface area contributed by atoms with Crippen molar-refractivity contribution >= 4 is 9.84 Å². The van der Waals surface area contributed by atoms with Crippen molar-refractivity contribution in [1.29, 1.82) is 0 Å². The lowest BCUT2D eigenvalue weighted by atomic mass is 9.94. The van der Waals surface area contributed by atoms with E-state index in [4.69, 9.17) is 4.74 Å². The third-order valence-electron chi connectivity index (χ3n) is 5.70. The lowest BCUT2D eigenvalue weighted by molar-refractivity contribution is -0.00219. The van der Waals surface area contributed by atoms with Gasteiger partial charge in [-0.2, -0.15) is 0 Å². The molecule has 138 valence electrons. The van der Waals surface area contributed by atoms with E-state index in [1.165, 1.54) is 18.4 Å². The lowest BCUT2D eigenvalue weighted by Gasteiger charge is -2.37. The Kier molecular flexibility index (Phi) is 4.40. The molecule has 1 aliphatic heterocycles. The summed E-state index contributed by atoms with van der Waals surface area (Å²) in [4.78, 5) is 4.98. The van der Waals surface area contributed by atoms with E-state index in [0.717, 1.165) is 11.3 Å². The highest BCUT2D eigenvalue weighted by Gasteiger charge is 2.45. The van der Waals surface area contributed by atoms with Gasteiger partial charge in [-0.1, -0.05) is 18.2 Å². The summed E-state index contributed by atoms with van der Waals surface area (Å²) >= 11 is 0. The summed E-state index contributed by atoms with van der Waals surface area (Å²) in [6.45, 7) is 4.19. The topological polar surface area (TPSA) is 56.3 Å². The number of hydrogen-bond donors (Lipinski definition) is 0. The summed E-state index contributed by atoms with van der Waals surface area (Å²) in [5, 5.41) is 0. The molecular formula is C21H25NO3S. The number of hydrogen-bond acceptors (Lipinski definition) is 4. The smallest absolute Gasteiger partial charge is 0.184 e. The Hall–Kier alpha value is -1.72. The van der Waals surface area contributed by atoms with E-state index in [0.29, 0.717) is 30.3 Å². The molecule has 2 heterocycles. The van der Waals surface area contributed by atoms with Gasteiger partial charge >= 0.3 is 0 Å². The minimum Gasteiger partial charge on any atom is -0.372 e. The van der Waals surface area contributed by atoms with Crippen LogP contribution in [0.15, 0.2) is 47.5 Å². The van der Waals surface area contributed by atoms with Crippen molar-refractivity contribution in [3.63, 3.8) is 0 Å². The minimum atomic E-state index is -3.44. The van der Waals surface area contributed by atoms with Gasteiger partial charge in [-0.25, -0.2) is 8.42 Å². The molecule has 1 aromatic carbocycles. The molecule has 2 aromatic rings. The zero-order chi connectivity index (χ0) is 18.4. The highest BCUT2D eigenvalue weighted by Crippen LogP contribution is 2.43. The number of benzene rings is 1. The van der Waals surface area contributed by atoms with Crippen LogP contribution in [0.5, 0.6) is 0 Å². The van der Waals surface area contributed by atoms with Crippen molar-refractivity contribution in [2.75, 3.05) is 6.61 Å². The molecule has 5 heteroatoms. The molecule has 4 rings (SSSR count). The summed E-state index contributed by atoms with van der Waals surface area (Å²) in [7, 11) is -3.44. The number of rotatable bonds is 4. The number of sulfone groups is 1. The van der Waals surface area contributed by atoms with Gasteiger partial charge in [0.2, 0.25) is 0 Å². The van der Waals surface area contributed by atoms with Crippen LogP contribution in [0, 0.1) is 6.92 Å². The number of aromatic nitrogens is 1. The van der Waals surface area contributed by atoms with E-state index in [2.05, 4.69) is 11.1 Å². The maximum Gasteiger partial charge on any atom is 0.184 e. The molecule has 2 unspecified atom stereocenters. The number of nitrogens with zero attached hydrogens (tertiary/aromatic N) is 1. The van der Waals surface area contributed by atoms with Crippen LogP contribution in [0.2, 0.25) is 0 Å². The van der Waals surface area contributed by atoms with Crippen LogP contribution in [0.4, 0.5) is 0 Å². The Balaban J connectivity index is 1.60. The van der Waals surface area contributed by atoms with E-state index in [9.17, 15) is 8.42 Å². The monoisotopic (exact) mass is 371 g/mol. The van der Waals surface area contributed by atoms with Crippen LogP contribution >= 0.6 is 0 Å². The Morgan fingerprint density at radius 2 is 2.00 bits per heavy atom. The zero-order valence-electron chi connectivity index (χ0n) is 15.3. The van der Waals surface area contributed by atoms with E-state index >= 15 is 0 Å². The van der Waals surface area contributed by atoms with E-state index in [-0.39, 0.29) is 6.10 Å². The number of pyridine rings is 1. The van der Waals surface area contributed by atoms with Crippen LogP contribution in [-0.4, -0.2) is 24.8 Å². The Morgan fingerprint density at radius 3 is 2.65 bits per heavy atom. The molecular weight excluding hydrogens is 346 g/mol. The molecule has 1 aliphatic carbocycles. The van der Waals surface area contributed by atoms with Crippen molar-refractivity contribution in [2.24, 2.45) is 0 Å². The van der Waals surface area contributed by atoms with Gasteiger partial charge in [0, 0.05) is 12.8 Å². The third-order valence-corrected chi connectivity index (χ3v) is 8.25. The first-order valence-electron chi connectivity index (χ1n) is 9.28. The van der Waals surface area contributed by atoms with Crippen LogP contribution in [0.25, 0.3) is 0 Å². The van der Waals surface area contributed by atoms with E-state index in [1.807, 2.05) is 32.2 Å². The zero-order valence-corrected chi connectivity index (χ0v) is 16.1. The molecule has 2 aliphatic rings. The average Bonchev–Trinajstić information content (AvgIpc) is 3.47. The molecule has 1 saturated heterocycles. The molecule has 1 saturated carbocycles. The van der Waals surface area contributed by atoms with Gasteiger partial charge in [0.15, 0.2) is 9.84 Å². The summed E-state index contributed by atoms with van der Waals surface area (Å²) in [5.74, 6) is 0.663. The Morgan fingerprint density at radius 1 is 1.19 bits per heavy atom. The fourth-order valence-corrected chi connectivity index (χ4v) is 5.63. The van der Waals surface area contributed by atoms with Crippen molar-refractivity contribution in [2.45, 2.75) is 61.2 Å². The molecule has 0 bridgehead atoms. The first kappa shape index (κ1) is 17.7. The molecule has 0 N–H and O–H groups in total. The van der Waals surface area contributed by atoms with Crippen LogP contribution < -0.4 is 0 Å². The second kappa shape index (κ2) is 6.46. The highest BCUT2D eigenvalue weighted by molar-refractivity contribution is 7.92.